The number of anilines is 1. The minimum Gasteiger partial charge on any atom is -0.411 e. The Hall–Kier alpha value is -3.02. The molecule has 2 aromatic carbocycles. The van der Waals surface area contributed by atoms with Gasteiger partial charge in [0.15, 0.2) is 0 Å². The fourth-order valence-corrected chi connectivity index (χ4v) is 2.93. The summed E-state index contributed by atoms with van der Waals surface area (Å²) in [5.41, 5.74) is 3.17. The molecular weight excluding hydrogens is 321 g/mol. The predicted octanol–water partition coefficient (Wildman–Crippen LogP) is 3.23. The summed E-state index contributed by atoms with van der Waals surface area (Å²) in [6.45, 7) is 3.98. The Morgan fingerprint density at radius 3 is 2.72 bits per heavy atom. The lowest BCUT2D eigenvalue weighted by molar-refractivity contribution is -0.117. The maximum absolute atomic E-state index is 14.4. The van der Waals surface area contributed by atoms with Gasteiger partial charge in [-0.15, -0.1) is 0 Å². The van der Waals surface area contributed by atoms with Crippen molar-refractivity contribution in [2.45, 2.75) is 13.8 Å². The molecule has 0 saturated carbocycles. The van der Waals surface area contributed by atoms with Crippen LogP contribution in [-0.4, -0.2) is 35.6 Å². The van der Waals surface area contributed by atoms with E-state index in [-0.39, 0.29) is 12.5 Å². The van der Waals surface area contributed by atoms with Crippen molar-refractivity contribution in [3.63, 3.8) is 0 Å². The molecule has 2 aromatic rings. The Kier molecular flexibility index (Phi) is 4.61. The topological polar surface area (TPSA) is 65.3 Å². The van der Waals surface area contributed by atoms with Crippen molar-refractivity contribution in [3.8, 4) is 0 Å². The molecule has 0 fully saturated rings. The highest BCUT2D eigenvalue weighted by Gasteiger charge is 2.25. The zero-order valence-electron chi connectivity index (χ0n) is 14.0. The number of benzodiazepines with no additional fused rings is 1. The lowest BCUT2D eigenvalue weighted by Gasteiger charge is -2.22. The largest absolute Gasteiger partial charge is 0.411 e. The van der Waals surface area contributed by atoms with Crippen LogP contribution < -0.4 is 4.90 Å². The minimum atomic E-state index is -0.400. The molecule has 25 heavy (non-hydrogen) atoms. The number of amides is 1. The molecule has 1 N–H and O–H groups in total. The van der Waals surface area contributed by atoms with Crippen molar-refractivity contribution < 1.29 is 14.4 Å². The van der Waals surface area contributed by atoms with E-state index in [9.17, 15) is 9.18 Å². The number of rotatable bonds is 3. The Bertz CT molecular complexity index is 890. The monoisotopic (exact) mass is 339 g/mol. The third-order valence-corrected chi connectivity index (χ3v) is 4.23. The van der Waals surface area contributed by atoms with Crippen molar-refractivity contribution in [1.82, 2.24) is 0 Å². The van der Waals surface area contributed by atoms with Crippen LogP contribution in [0.4, 0.5) is 10.1 Å². The maximum Gasteiger partial charge on any atom is 0.248 e. The summed E-state index contributed by atoms with van der Waals surface area (Å²) in [6.07, 6.45) is 0. The zero-order chi connectivity index (χ0) is 18.0. The van der Waals surface area contributed by atoms with Crippen LogP contribution >= 0.6 is 0 Å². The highest BCUT2D eigenvalue weighted by molar-refractivity contribution is 6.20. The van der Waals surface area contributed by atoms with Crippen LogP contribution in [0.1, 0.15) is 30.5 Å². The molecule has 128 valence electrons. The van der Waals surface area contributed by atoms with Crippen molar-refractivity contribution in [2.24, 2.45) is 10.1 Å². The lowest BCUT2D eigenvalue weighted by atomic mass is 9.96. The van der Waals surface area contributed by atoms with Crippen molar-refractivity contribution in [1.29, 1.82) is 0 Å². The smallest absolute Gasteiger partial charge is 0.248 e. The van der Waals surface area contributed by atoms with Crippen molar-refractivity contribution >= 4 is 23.0 Å². The molecule has 0 atom stereocenters. The molecule has 3 rings (SSSR count). The number of carbonyl (C=O) groups excluding carboxylic acids is 1. The van der Waals surface area contributed by atoms with Gasteiger partial charge in [0.2, 0.25) is 5.91 Å². The molecule has 0 saturated heterocycles. The van der Waals surface area contributed by atoms with E-state index in [4.69, 9.17) is 5.21 Å². The minimum absolute atomic E-state index is 0.0470. The summed E-state index contributed by atoms with van der Waals surface area (Å²) in [6, 6.07) is 11.7. The number of carbonyl (C=O) groups is 1. The SMILES string of the molecule is CCN1C(=O)CN=C(c2ccccc2F)c2cc(C(C)=NO)ccc21. The van der Waals surface area contributed by atoms with Crippen LogP contribution in [0.15, 0.2) is 52.6 Å². The van der Waals surface area contributed by atoms with Crippen molar-refractivity contribution in [2.75, 3.05) is 18.0 Å². The van der Waals surface area contributed by atoms with Gasteiger partial charge in [-0.3, -0.25) is 9.79 Å². The number of likely N-dealkylation sites (N-methyl/N-ethyl adjacent to an activating group) is 1. The van der Waals surface area contributed by atoms with Crippen LogP contribution in [0, 0.1) is 5.82 Å². The first-order valence-corrected chi connectivity index (χ1v) is 8.00. The summed E-state index contributed by atoms with van der Waals surface area (Å²) in [5.74, 6) is -0.544. The lowest BCUT2D eigenvalue weighted by Crippen LogP contribution is -2.32. The van der Waals surface area contributed by atoms with Crippen molar-refractivity contribution in [3.05, 3.63) is 65.0 Å². The van der Waals surface area contributed by atoms with Gasteiger partial charge in [0.25, 0.3) is 0 Å². The molecule has 1 aliphatic heterocycles. The molecule has 0 unspecified atom stereocenters. The van der Waals surface area contributed by atoms with Crippen LogP contribution in [0.25, 0.3) is 0 Å². The first-order valence-electron chi connectivity index (χ1n) is 8.00. The molecule has 0 aliphatic carbocycles. The summed E-state index contributed by atoms with van der Waals surface area (Å²) in [4.78, 5) is 18.4. The van der Waals surface area contributed by atoms with E-state index >= 15 is 0 Å². The van der Waals surface area contributed by atoms with Crippen LogP contribution in [0.3, 0.4) is 0 Å². The van der Waals surface area contributed by atoms with E-state index in [0.717, 1.165) is 0 Å². The molecule has 0 bridgehead atoms. The number of fused-ring (bicyclic) bond motifs is 1. The van der Waals surface area contributed by atoms with Crippen LogP contribution in [0.2, 0.25) is 0 Å². The Balaban J connectivity index is 2.27. The molecule has 0 aromatic heterocycles. The van der Waals surface area contributed by atoms with Gasteiger partial charge in [-0.05, 0) is 43.7 Å². The van der Waals surface area contributed by atoms with E-state index in [1.54, 1.807) is 48.2 Å². The second kappa shape index (κ2) is 6.84. The zero-order valence-corrected chi connectivity index (χ0v) is 14.0. The Morgan fingerprint density at radius 1 is 1.28 bits per heavy atom. The number of halogens is 1. The summed E-state index contributed by atoms with van der Waals surface area (Å²) < 4.78 is 14.4. The highest BCUT2D eigenvalue weighted by Crippen LogP contribution is 2.29. The number of hydrogen-bond acceptors (Lipinski definition) is 4. The fraction of sp³-hybridized carbons (Fsp3) is 0.211. The normalized spacial score (nSPS) is 14.8. The predicted molar refractivity (Wildman–Crippen MR) is 95.4 cm³/mol. The molecule has 0 radical (unpaired) electrons. The van der Waals surface area contributed by atoms with Gasteiger partial charge in [-0.2, -0.15) is 0 Å². The van der Waals surface area contributed by atoms with Crippen LogP contribution in [0.5, 0.6) is 0 Å². The number of aliphatic imine (C=N–C) groups is 1. The molecule has 1 amide bonds. The summed E-state index contributed by atoms with van der Waals surface area (Å²) >= 11 is 0. The third-order valence-electron chi connectivity index (χ3n) is 4.23. The molecule has 1 aliphatic rings. The van der Waals surface area contributed by atoms with Gasteiger partial charge < -0.3 is 10.1 Å². The number of nitrogens with zero attached hydrogens (tertiary/aromatic N) is 3. The maximum atomic E-state index is 14.4. The Morgan fingerprint density at radius 2 is 2.04 bits per heavy atom. The first-order chi connectivity index (χ1) is 12.1. The average Bonchev–Trinajstić information content (AvgIpc) is 2.77. The summed E-state index contributed by atoms with van der Waals surface area (Å²) in [7, 11) is 0. The standard InChI is InChI=1S/C19H18FN3O2/c1-3-23-17-9-8-13(12(2)22-25)10-15(17)19(21-11-18(23)24)14-6-4-5-7-16(14)20/h4-10,25H,3,11H2,1-2H3. The number of hydrogen-bond donors (Lipinski definition) is 1. The van der Waals surface area contributed by atoms with Gasteiger partial charge in [-0.1, -0.05) is 23.4 Å². The molecule has 5 nitrogen and oxygen atoms in total. The van der Waals surface area contributed by atoms with E-state index in [1.807, 2.05) is 6.92 Å². The fourth-order valence-electron chi connectivity index (χ4n) is 2.93. The van der Waals surface area contributed by atoms with Gasteiger partial charge in [0.1, 0.15) is 12.4 Å². The van der Waals surface area contributed by atoms with Gasteiger partial charge in [0, 0.05) is 17.7 Å². The molecule has 0 spiro atoms. The number of benzene rings is 2. The quantitative estimate of drug-likeness (QED) is 0.530. The summed E-state index contributed by atoms with van der Waals surface area (Å²) in [5, 5.41) is 12.3. The van der Waals surface area contributed by atoms with Gasteiger partial charge in [-0.25, -0.2) is 4.39 Å². The highest BCUT2D eigenvalue weighted by atomic mass is 19.1. The van der Waals surface area contributed by atoms with Gasteiger partial charge in [0.05, 0.1) is 17.1 Å². The van der Waals surface area contributed by atoms with E-state index in [1.165, 1.54) is 6.07 Å². The van der Waals surface area contributed by atoms with E-state index < -0.39 is 5.82 Å². The molecule has 1 heterocycles. The first kappa shape index (κ1) is 16.8. The number of oxime groups is 1. The second-order valence-electron chi connectivity index (χ2n) is 5.70. The van der Waals surface area contributed by atoms with E-state index in [0.29, 0.717) is 40.3 Å². The molecular formula is C19H18FN3O2. The average molecular weight is 339 g/mol. The third kappa shape index (κ3) is 3.03. The van der Waals surface area contributed by atoms with Gasteiger partial charge >= 0.3 is 0 Å². The Labute approximate surface area is 145 Å². The van der Waals surface area contributed by atoms with E-state index in [2.05, 4.69) is 10.1 Å². The molecule has 6 heteroatoms. The van der Waals surface area contributed by atoms with Crippen LogP contribution in [-0.2, 0) is 4.79 Å². The second-order valence-corrected chi connectivity index (χ2v) is 5.70.